The van der Waals surface area contributed by atoms with E-state index in [4.69, 9.17) is 5.73 Å². The largest absolute Gasteiger partial charge is 0.370 e. The van der Waals surface area contributed by atoms with E-state index in [0.717, 1.165) is 36.9 Å². The number of aliphatic imine (C=N–C) groups is 1. The first-order chi connectivity index (χ1) is 12.7. The number of rotatable bonds is 6. The maximum Gasteiger partial charge on any atom is 0.222 e. The van der Waals surface area contributed by atoms with E-state index >= 15 is 0 Å². The van der Waals surface area contributed by atoms with E-state index in [1.54, 1.807) is 11.3 Å². The molecule has 2 heterocycles. The van der Waals surface area contributed by atoms with Crippen LogP contribution >= 0.6 is 35.3 Å². The summed E-state index contributed by atoms with van der Waals surface area (Å²) < 4.78 is 0. The zero-order chi connectivity index (χ0) is 18.2. The molecule has 3 rings (SSSR count). The Morgan fingerprint density at radius 2 is 1.96 bits per heavy atom. The van der Waals surface area contributed by atoms with Crippen LogP contribution in [0.4, 0.5) is 5.13 Å². The Hall–Kier alpha value is -1.88. The molecular formula is C18H25IN6OS. The molecule has 146 valence electrons. The second-order valence-corrected chi connectivity index (χ2v) is 6.91. The van der Waals surface area contributed by atoms with Crippen LogP contribution in [0, 0.1) is 0 Å². The lowest BCUT2D eigenvalue weighted by molar-refractivity contribution is -0.121. The zero-order valence-corrected chi connectivity index (χ0v) is 18.2. The molecule has 9 heteroatoms. The van der Waals surface area contributed by atoms with Gasteiger partial charge in [-0.25, -0.2) is 4.98 Å². The molecule has 2 aromatic rings. The molecule has 1 saturated heterocycles. The standard InChI is InChI=1S/C18H24N6OS.HI/c19-17(23-9-11-24(12-10-23)18-21-8-13-26-18)20-7-6-16(25)22-14-15-4-2-1-3-5-15;/h1-5,8,13H,6-7,9-12,14H2,(H2,19,20)(H,22,25);1H. The molecule has 1 aliphatic rings. The van der Waals surface area contributed by atoms with E-state index in [2.05, 4.69) is 25.1 Å². The van der Waals surface area contributed by atoms with Crippen LogP contribution in [-0.4, -0.2) is 54.5 Å². The SMILES string of the molecule is I.NC(=NCCC(=O)NCc1ccccc1)N1CCN(c2nccs2)CC1. The lowest BCUT2D eigenvalue weighted by Gasteiger charge is -2.35. The number of hydrogen-bond acceptors (Lipinski definition) is 5. The number of guanidine groups is 1. The van der Waals surface area contributed by atoms with Crippen LogP contribution in [0.2, 0.25) is 0 Å². The van der Waals surface area contributed by atoms with Gasteiger partial charge >= 0.3 is 0 Å². The van der Waals surface area contributed by atoms with Crippen molar-refractivity contribution in [1.82, 2.24) is 15.2 Å². The summed E-state index contributed by atoms with van der Waals surface area (Å²) in [6.07, 6.45) is 2.16. The van der Waals surface area contributed by atoms with Crippen LogP contribution in [0.5, 0.6) is 0 Å². The first-order valence-corrected chi connectivity index (χ1v) is 9.60. The number of halogens is 1. The smallest absolute Gasteiger partial charge is 0.222 e. The topological polar surface area (TPSA) is 86.8 Å². The number of hydrogen-bond donors (Lipinski definition) is 2. The Morgan fingerprint density at radius 1 is 1.22 bits per heavy atom. The van der Waals surface area contributed by atoms with Crippen LogP contribution in [0.25, 0.3) is 0 Å². The molecule has 0 radical (unpaired) electrons. The summed E-state index contributed by atoms with van der Waals surface area (Å²) in [5.74, 6) is 0.499. The molecule has 27 heavy (non-hydrogen) atoms. The van der Waals surface area contributed by atoms with Crippen molar-refractivity contribution in [2.45, 2.75) is 13.0 Å². The molecule has 0 saturated carbocycles. The second-order valence-electron chi connectivity index (χ2n) is 6.04. The molecule has 3 N–H and O–H groups in total. The van der Waals surface area contributed by atoms with Gasteiger partial charge in [-0.05, 0) is 5.56 Å². The number of carbonyl (C=O) groups excluding carboxylic acids is 1. The lowest BCUT2D eigenvalue weighted by atomic mass is 10.2. The lowest BCUT2D eigenvalue weighted by Crippen LogP contribution is -2.51. The fraction of sp³-hybridized carbons (Fsp3) is 0.389. The minimum absolute atomic E-state index is 0. The Kier molecular flexibility index (Phi) is 8.79. The summed E-state index contributed by atoms with van der Waals surface area (Å²) in [5.41, 5.74) is 7.16. The van der Waals surface area contributed by atoms with Gasteiger partial charge < -0.3 is 20.9 Å². The zero-order valence-electron chi connectivity index (χ0n) is 15.1. The van der Waals surface area contributed by atoms with Gasteiger partial charge in [0.2, 0.25) is 5.91 Å². The van der Waals surface area contributed by atoms with E-state index in [1.165, 1.54) is 0 Å². The number of piperazine rings is 1. The van der Waals surface area contributed by atoms with Crippen molar-refractivity contribution < 1.29 is 4.79 Å². The maximum atomic E-state index is 11.9. The average molecular weight is 500 g/mol. The third kappa shape index (κ3) is 6.65. The predicted octanol–water partition coefficient (Wildman–Crippen LogP) is 1.90. The van der Waals surface area contributed by atoms with Gasteiger partial charge in [-0.1, -0.05) is 30.3 Å². The fourth-order valence-corrected chi connectivity index (χ4v) is 3.45. The summed E-state index contributed by atoms with van der Waals surface area (Å²) in [6, 6.07) is 9.85. The number of carbonyl (C=O) groups is 1. The molecule has 0 spiro atoms. The Balaban J connectivity index is 0.00000261. The van der Waals surface area contributed by atoms with Gasteiger partial charge in [-0.2, -0.15) is 0 Å². The highest BCUT2D eigenvalue weighted by Gasteiger charge is 2.19. The Morgan fingerprint density at radius 3 is 2.63 bits per heavy atom. The van der Waals surface area contributed by atoms with Gasteiger partial charge in [0.05, 0.1) is 6.54 Å². The van der Waals surface area contributed by atoms with E-state index < -0.39 is 0 Å². The highest BCUT2D eigenvalue weighted by Crippen LogP contribution is 2.18. The Labute approximate surface area is 180 Å². The van der Waals surface area contributed by atoms with Crippen LogP contribution in [0.3, 0.4) is 0 Å². The highest BCUT2D eigenvalue weighted by molar-refractivity contribution is 14.0. The van der Waals surface area contributed by atoms with E-state index in [-0.39, 0.29) is 29.9 Å². The molecule has 0 atom stereocenters. The van der Waals surface area contributed by atoms with Crippen molar-refractivity contribution in [3.05, 3.63) is 47.5 Å². The first-order valence-electron chi connectivity index (χ1n) is 8.72. The highest BCUT2D eigenvalue weighted by atomic mass is 127. The normalized spacial score (nSPS) is 14.6. The quantitative estimate of drug-likeness (QED) is 0.360. The molecule has 7 nitrogen and oxygen atoms in total. The predicted molar refractivity (Wildman–Crippen MR) is 121 cm³/mol. The summed E-state index contributed by atoms with van der Waals surface area (Å²) >= 11 is 1.65. The average Bonchev–Trinajstić information content (AvgIpc) is 3.22. The summed E-state index contributed by atoms with van der Waals surface area (Å²) in [5, 5.41) is 5.94. The number of benzene rings is 1. The summed E-state index contributed by atoms with van der Waals surface area (Å²) in [6.45, 7) is 4.32. The molecular weight excluding hydrogens is 475 g/mol. The minimum atomic E-state index is -0.0148. The molecule has 0 aliphatic carbocycles. The van der Waals surface area contributed by atoms with Crippen LogP contribution in [-0.2, 0) is 11.3 Å². The number of anilines is 1. The summed E-state index contributed by atoms with van der Waals surface area (Å²) in [4.78, 5) is 24.9. The minimum Gasteiger partial charge on any atom is -0.370 e. The number of amides is 1. The molecule has 1 fully saturated rings. The van der Waals surface area contributed by atoms with Crippen molar-refractivity contribution in [2.24, 2.45) is 10.7 Å². The first kappa shape index (κ1) is 21.4. The maximum absolute atomic E-state index is 11.9. The van der Waals surface area contributed by atoms with Crippen molar-refractivity contribution in [3.8, 4) is 0 Å². The molecule has 1 aliphatic heterocycles. The van der Waals surface area contributed by atoms with Gasteiger partial charge in [-0.3, -0.25) is 9.79 Å². The number of nitrogens with zero attached hydrogens (tertiary/aromatic N) is 4. The van der Waals surface area contributed by atoms with Gasteiger partial charge in [0.1, 0.15) is 0 Å². The van der Waals surface area contributed by atoms with E-state index in [0.29, 0.717) is 25.5 Å². The molecule has 1 aromatic carbocycles. The number of nitrogens with one attached hydrogen (secondary N) is 1. The molecule has 1 aromatic heterocycles. The summed E-state index contributed by atoms with van der Waals surface area (Å²) in [7, 11) is 0. The second kappa shape index (κ2) is 11.1. The van der Waals surface area contributed by atoms with E-state index in [1.807, 2.05) is 41.9 Å². The van der Waals surface area contributed by atoms with Gasteiger partial charge in [0.25, 0.3) is 0 Å². The van der Waals surface area contributed by atoms with Crippen molar-refractivity contribution in [1.29, 1.82) is 0 Å². The van der Waals surface area contributed by atoms with Crippen molar-refractivity contribution in [3.63, 3.8) is 0 Å². The molecule has 0 bridgehead atoms. The van der Waals surface area contributed by atoms with Gasteiger partial charge in [-0.15, -0.1) is 35.3 Å². The van der Waals surface area contributed by atoms with Gasteiger partial charge in [0.15, 0.2) is 11.1 Å². The molecule has 1 amide bonds. The van der Waals surface area contributed by atoms with Crippen molar-refractivity contribution >= 4 is 52.3 Å². The third-order valence-electron chi connectivity index (χ3n) is 4.24. The van der Waals surface area contributed by atoms with E-state index in [9.17, 15) is 4.79 Å². The van der Waals surface area contributed by atoms with Crippen LogP contribution in [0.1, 0.15) is 12.0 Å². The number of thiazole rings is 1. The van der Waals surface area contributed by atoms with Crippen LogP contribution in [0.15, 0.2) is 46.9 Å². The number of nitrogens with two attached hydrogens (primary N) is 1. The fourth-order valence-electron chi connectivity index (χ4n) is 2.76. The Bertz CT molecular complexity index is 717. The number of aromatic nitrogens is 1. The van der Waals surface area contributed by atoms with Crippen molar-refractivity contribution in [2.75, 3.05) is 37.6 Å². The monoisotopic (exact) mass is 500 g/mol. The van der Waals surface area contributed by atoms with Gasteiger partial charge in [0, 0.05) is 50.7 Å². The van der Waals surface area contributed by atoms with Crippen LogP contribution < -0.4 is 16.0 Å². The molecule has 0 unspecified atom stereocenters. The third-order valence-corrected chi connectivity index (χ3v) is 5.07.